The van der Waals surface area contributed by atoms with E-state index in [9.17, 15) is 9.18 Å². The number of carbonyl (C=O) groups is 1. The van der Waals surface area contributed by atoms with Crippen LogP contribution in [0.2, 0.25) is 0 Å². The third kappa shape index (κ3) is 4.60. The Balaban J connectivity index is 1.68. The molecule has 2 aromatic carbocycles. The summed E-state index contributed by atoms with van der Waals surface area (Å²) in [7, 11) is 0. The van der Waals surface area contributed by atoms with Crippen LogP contribution in [-0.4, -0.2) is 15.8 Å². The summed E-state index contributed by atoms with van der Waals surface area (Å²) < 4.78 is 12.9. The Morgan fingerprint density at radius 2 is 1.92 bits per heavy atom. The predicted molar refractivity (Wildman–Crippen MR) is 95.5 cm³/mol. The highest BCUT2D eigenvalue weighted by atomic mass is 19.1. The molecule has 0 aliphatic rings. The highest BCUT2D eigenvalue weighted by molar-refractivity contribution is 5.95. The molecule has 3 rings (SSSR count). The lowest BCUT2D eigenvalue weighted by atomic mass is 10.1. The van der Waals surface area contributed by atoms with E-state index in [2.05, 4.69) is 20.6 Å². The number of ketones is 1. The first-order valence-electron chi connectivity index (χ1n) is 7.79. The highest BCUT2D eigenvalue weighted by Gasteiger charge is 2.03. The maximum absolute atomic E-state index is 12.9. The van der Waals surface area contributed by atoms with Crippen LogP contribution in [0, 0.1) is 5.82 Å². The molecule has 0 spiro atoms. The molecule has 0 saturated heterocycles. The van der Waals surface area contributed by atoms with Crippen molar-refractivity contribution in [2.45, 2.75) is 13.5 Å². The summed E-state index contributed by atoms with van der Waals surface area (Å²) in [5.41, 5.74) is 2.31. The standard InChI is InChI=1S/C19H17FN4O/c1-13(25)15-3-2-4-17(11-15)23-19-21-10-9-18(24-19)22-12-14-5-7-16(20)8-6-14/h2-11H,12H2,1H3,(H2,21,22,23,24). The molecule has 25 heavy (non-hydrogen) atoms. The lowest BCUT2D eigenvalue weighted by molar-refractivity contribution is 0.101. The molecule has 5 nitrogen and oxygen atoms in total. The van der Waals surface area contributed by atoms with E-state index in [-0.39, 0.29) is 11.6 Å². The third-order valence-electron chi connectivity index (χ3n) is 3.57. The second kappa shape index (κ2) is 7.53. The molecule has 0 radical (unpaired) electrons. The van der Waals surface area contributed by atoms with Crippen molar-refractivity contribution < 1.29 is 9.18 Å². The molecular formula is C19H17FN4O. The fraction of sp³-hybridized carbons (Fsp3) is 0.105. The first-order valence-corrected chi connectivity index (χ1v) is 7.79. The zero-order chi connectivity index (χ0) is 17.6. The van der Waals surface area contributed by atoms with Crippen molar-refractivity contribution in [3.8, 4) is 0 Å². The van der Waals surface area contributed by atoms with Gasteiger partial charge in [-0.05, 0) is 42.8 Å². The normalized spacial score (nSPS) is 10.3. The van der Waals surface area contributed by atoms with Gasteiger partial charge in [0.05, 0.1) is 0 Å². The maximum Gasteiger partial charge on any atom is 0.229 e. The lowest BCUT2D eigenvalue weighted by Gasteiger charge is -2.09. The zero-order valence-corrected chi connectivity index (χ0v) is 13.7. The van der Waals surface area contributed by atoms with E-state index in [1.54, 1.807) is 42.6 Å². The van der Waals surface area contributed by atoms with E-state index in [0.717, 1.165) is 11.3 Å². The van der Waals surface area contributed by atoms with Gasteiger partial charge in [-0.25, -0.2) is 9.37 Å². The summed E-state index contributed by atoms with van der Waals surface area (Å²) in [4.78, 5) is 20.0. The molecule has 2 N–H and O–H groups in total. The van der Waals surface area contributed by atoms with Crippen molar-refractivity contribution >= 4 is 23.2 Å². The summed E-state index contributed by atoms with van der Waals surface area (Å²) >= 11 is 0. The van der Waals surface area contributed by atoms with E-state index >= 15 is 0 Å². The number of nitrogens with one attached hydrogen (secondary N) is 2. The molecule has 3 aromatic rings. The van der Waals surface area contributed by atoms with Crippen LogP contribution in [-0.2, 0) is 6.54 Å². The van der Waals surface area contributed by atoms with E-state index in [4.69, 9.17) is 0 Å². The monoisotopic (exact) mass is 336 g/mol. The van der Waals surface area contributed by atoms with Crippen LogP contribution in [0.25, 0.3) is 0 Å². The Morgan fingerprint density at radius 1 is 1.12 bits per heavy atom. The van der Waals surface area contributed by atoms with Crippen molar-refractivity contribution in [1.29, 1.82) is 0 Å². The number of Topliss-reactive ketones (excluding diaryl/α,β-unsaturated/α-hetero) is 1. The summed E-state index contributed by atoms with van der Waals surface area (Å²) in [5.74, 6) is 0.804. The summed E-state index contributed by atoms with van der Waals surface area (Å²) in [6, 6.07) is 15.2. The number of nitrogens with zero attached hydrogens (tertiary/aromatic N) is 2. The van der Waals surface area contributed by atoms with Gasteiger partial charge in [-0.3, -0.25) is 4.79 Å². The molecule has 0 aliphatic carbocycles. The molecule has 0 atom stereocenters. The van der Waals surface area contributed by atoms with E-state index in [1.807, 2.05) is 6.07 Å². The molecule has 0 saturated carbocycles. The first kappa shape index (κ1) is 16.6. The van der Waals surface area contributed by atoms with Crippen molar-refractivity contribution in [3.05, 3.63) is 77.7 Å². The topological polar surface area (TPSA) is 66.9 Å². The Bertz CT molecular complexity index is 881. The number of benzene rings is 2. The lowest BCUT2D eigenvalue weighted by Crippen LogP contribution is -2.04. The molecule has 0 unspecified atom stereocenters. The van der Waals surface area contributed by atoms with Crippen LogP contribution < -0.4 is 10.6 Å². The van der Waals surface area contributed by atoms with Gasteiger partial charge in [0, 0.05) is 24.0 Å². The second-order valence-corrected chi connectivity index (χ2v) is 5.51. The molecule has 0 fully saturated rings. The largest absolute Gasteiger partial charge is 0.366 e. The van der Waals surface area contributed by atoms with E-state index in [0.29, 0.717) is 23.9 Å². The fourth-order valence-electron chi connectivity index (χ4n) is 2.26. The Labute approximate surface area is 145 Å². The van der Waals surface area contributed by atoms with Crippen LogP contribution in [0.1, 0.15) is 22.8 Å². The third-order valence-corrected chi connectivity index (χ3v) is 3.57. The van der Waals surface area contributed by atoms with Crippen molar-refractivity contribution in [2.24, 2.45) is 0 Å². The van der Waals surface area contributed by atoms with Gasteiger partial charge in [0.2, 0.25) is 5.95 Å². The Morgan fingerprint density at radius 3 is 2.68 bits per heavy atom. The summed E-state index contributed by atoms with van der Waals surface area (Å²) in [5, 5.41) is 6.25. The van der Waals surface area contributed by atoms with Crippen molar-refractivity contribution in [2.75, 3.05) is 10.6 Å². The van der Waals surface area contributed by atoms with Crippen molar-refractivity contribution in [1.82, 2.24) is 9.97 Å². The molecule has 6 heteroatoms. The van der Waals surface area contributed by atoms with Gasteiger partial charge in [-0.1, -0.05) is 24.3 Å². The number of rotatable bonds is 6. The number of anilines is 3. The molecule has 1 heterocycles. The average molecular weight is 336 g/mol. The number of aromatic nitrogens is 2. The minimum atomic E-state index is -0.259. The summed E-state index contributed by atoms with van der Waals surface area (Å²) in [6.45, 7) is 2.05. The second-order valence-electron chi connectivity index (χ2n) is 5.51. The summed E-state index contributed by atoms with van der Waals surface area (Å²) in [6.07, 6.45) is 1.64. The minimum Gasteiger partial charge on any atom is -0.366 e. The van der Waals surface area contributed by atoms with Gasteiger partial charge >= 0.3 is 0 Å². The van der Waals surface area contributed by atoms with Crippen molar-refractivity contribution in [3.63, 3.8) is 0 Å². The molecule has 1 aromatic heterocycles. The Kier molecular flexibility index (Phi) is 4.99. The van der Waals surface area contributed by atoms with Gasteiger partial charge < -0.3 is 10.6 Å². The molecule has 0 bridgehead atoms. The number of carbonyl (C=O) groups excluding carboxylic acids is 1. The first-order chi connectivity index (χ1) is 12.1. The van der Waals surface area contributed by atoms with Crippen LogP contribution >= 0.6 is 0 Å². The van der Waals surface area contributed by atoms with Gasteiger partial charge in [0.1, 0.15) is 11.6 Å². The van der Waals surface area contributed by atoms with Gasteiger partial charge in [0.15, 0.2) is 5.78 Å². The highest BCUT2D eigenvalue weighted by Crippen LogP contribution is 2.16. The number of halogens is 1. The Hall–Kier alpha value is -3.28. The van der Waals surface area contributed by atoms with Gasteiger partial charge in [0.25, 0.3) is 0 Å². The molecule has 0 aliphatic heterocycles. The van der Waals surface area contributed by atoms with E-state index in [1.165, 1.54) is 19.1 Å². The smallest absolute Gasteiger partial charge is 0.229 e. The number of hydrogen-bond donors (Lipinski definition) is 2. The molecular weight excluding hydrogens is 319 g/mol. The quantitative estimate of drug-likeness (QED) is 0.661. The SMILES string of the molecule is CC(=O)c1cccc(Nc2nccc(NCc3ccc(F)cc3)n2)c1. The number of hydrogen-bond acceptors (Lipinski definition) is 5. The van der Waals surface area contributed by atoms with Crippen LogP contribution in [0.5, 0.6) is 0 Å². The van der Waals surface area contributed by atoms with Crippen LogP contribution in [0.4, 0.5) is 21.8 Å². The average Bonchev–Trinajstić information content (AvgIpc) is 2.62. The van der Waals surface area contributed by atoms with E-state index < -0.39 is 0 Å². The minimum absolute atomic E-state index is 0.000663. The molecule has 0 amide bonds. The molecule has 126 valence electrons. The van der Waals surface area contributed by atoms with Gasteiger partial charge in [-0.2, -0.15) is 4.98 Å². The van der Waals surface area contributed by atoms with Gasteiger partial charge in [-0.15, -0.1) is 0 Å². The van der Waals surface area contributed by atoms with Crippen LogP contribution in [0.15, 0.2) is 60.8 Å². The van der Waals surface area contributed by atoms with Crippen LogP contribution in [0.3, 0.4) is 0 Å². The predicted octanol–water partition coefficient (Wildman–Crippen LogP) is 4.17. The fourth-order valence-corrected chi connectivity index (χ4v) is 2.26. The zero-order valence-electron chi connectivity index (χ0n) is 13.7. The maximum atomic E-state index is 12.9.